The summed E-state index contributed by atoms with van der Waals surface area (Å²) in [5, 5.41) is 12.5. The number of benzene rings is 1. The van der Waals surface area contributed by atoms with Crippen molar-refractivity contribution in [3.63, 3.8) is 0 Å². The Labute approximate surface area is 126 Å². The van der Waals surface area contributed by atoms with E-state index in [0.717, 1.165) is 6.20 Å². The molecule has 1 heterocycles. The van der Waals surface area contributed by atoms with Crippen molar-refractivity contribution >= 4 is 35.2 Å². The van der Waals surface area contributed by atoms with Gasteiger partial charge in [0.1, 0.15) is 11.9 Å². The second-order valence-electron chi connectivity index (χ2n) is 3.79. The third-order valence-corrected chi connectivity index (χ3v) is 3.54. The first-order valence-corrected chi connectivity index (χ1v) is 7.87. The number of phosphoric acid groups is 1. The minimum atomic E-state index is -4.83. The molecule has 0 aliphatic rings. The number of aromatic nitrogens is 1. The molecule has 2 aromatic rings. The van der Waals surface area contributed by atoms with Crippen molar-refractivity contribution in [2.75, 3.05) is 5.32 Å². The molecule has 116 valence electrons. The molecule has 0 aliphatic heterocycles. The van der Waals surface area contributed by atoms with Gasteiger partial charge in [0.05, 0.1) is 10.5 Å². The number of anilines is 1. The van der Waals surface area contributed by atoms with Gasteiger partial charge in [0.25, 0.3) is 5.91 Å². The number of amides is 1. The van der Waals surface area contributed by atoms with Crippen LogP contribution in [-0.2, 0) is 4.57 Å². The summed E-state index contributed by atoms with van der Waals surface area (Å²) in [6.07, 6.45) is 0.984. The fraction of sp³-hybridized carbons (Fsp3) is 0. The SMILES string of the molecule is O=C(Nc1ncc([N+](=O)[O-])s1)c1ccccc1OP(=O)(O)O. The zero-order chi connectivity index (χ0) is 16.3. The van der Waals surface area contributed by atoms with Gasteiger partial charge in [0.2, 0.25) is 0 Å². The second-order valence-corrected chi connectivity index (χ2v) is 5.97. The third-order valence-electron chi connectivity index (χ3n) is 2.24. The molecule has 10 nitrogen and oxygen atoms in total. The lowest BCUT2D eigenvalue weighted by Gasteiger charge is -2.10. The summed E-state index contributed by atoms with van der Waals surface area (Å²) >= 11 is 0.646. The van der Waals surface area contributed by atoms with Gasteiger partial charge in [-0.3, -0.25) is 30.0 Å². The summed E-state index contributed by atoms with van der Waals surface area (Å²) in [7, 11) is -4.83. The van der Waals surface area contributed by atoms with Gasteiger partial charge in [0, 0.05) is 0 Å². The van der Waals surface area contributed by atoms with Crippen molar-refractivity contribution < 1.29 is 28.6 Å². The van der Waals surface area contributed by atoms with Gasteiger partial charge < -0.3 is 4.52 Å². The highest BCUT2D eigenvalue weighted by Crippen LogP contribution is 2.39. The summed E-state index contributed by atoms with van der Waals surface area (Å²) in [5.41, 5.74) is -0.149. The van der Waals surface area contributed by atoms with Crippen LogP contribution in [0.2, 0.25) is 0 Å². The molecule has 22 heavy (non-hydrogen) atoms. The molecule has 2 rings (SSSR count). The maximum Gasteiger partial charge on any atom is 0.524 e. The molecule has 0 radical (unpaired) electrons. The van der Waals surface area contributed by atoms with Crippen molar-refractivity contribution in [2.24, 2.45) is 0 Å². The van der Waals surface area contributed by atoms with Crippen molar-refractivity contribution in [3.05, 3.63) is 46.1 Å². The molecule has 1 aromatic heterocycles. The van der Waals surface area contributed by atoms with Gasteiger partial charge in [-0.05, 0) is 23.5 Å². The largest absolute Gasteiger partial charge is 0.524 e. The summed E-state index contributed by atoms with van der Waals surface area (Å²) in [6, 6.07) is 5.38. The Kier molecular flexibility index (Phi) is 4.52. The first-order chi connectivity index (χ1) is 10.3. The van der Waals surface area contributed by atoms with Gasteiger partial charge in [-0.2, -0.15) is 0 Å². The van der Waals surface area contributed by atoms with Crippen LogP contribution in [0.4, 0.5) is 10.1 Å². The molecule has 0 bridgehead atoms. The number of hydrogen-bond donors (Lipinski definition) is 3. The predicted octanol–water partition coefficient (Wildman–Crippen LogP) is 1.78. The molecule has 0 unspecified atom stereocenters. The van der Waals surface area contributed by atoms with E-state index >= 15 is 0 Å². The van der Waals surface area contributed by atoms with Gasteiger partial charge in [0.15, 0.2) is 5.13 Å². The first kappa shape index (κ1) is 16.0. The Bertz CT molecular complexity index is 771. The lowest BCUT2D eigenvalue weighted by atomic mass is 10.2. The van der Waals surface area contributed by atoms with E-state index in [-0.39, 0.29) is 21.4 Å². The average molecular weight is 345 g/mol. The number of nitro groups is 1. The third kappa shape index (κ3) is 4.09. The molecule has 1 amide bonds. The maximum absolute atomic E-state index is 12.1. The van der Waals surface area contributed by atoms with E-state index in [0.29, 0.717) is 11.3 Å². The molecule has 0 saturated heterocycles. The van der Waals surface area contributed by atoms with Crippen molar-refractivity contribution in [2.45, 2.75) is 0 Å². The minimum Gasteiger partial charge on any atom is -0.403 e. The van der Waals surface area contributed by atoms with Crippen molar-refractivity contribution in [3.8, 4) is 5.75 Å². The van der Waals surface area contributed by atoms with Crippen LogP contribution >= 0.6 is 19.2 Å². The number of carbonyl (C=O) groups is 1. The molecule has 3 N–H and O–H groups in total. The highest BCUT2D eigenvalue weighted by molar-refractivity contribution is 7.46. The monoisotopic (exact) mass is 345 g/mol. The Morgan fingerprint density at radius 1 is 1.41 bits per heavy atom. The van der Waals surface area contributed by atoms with Crippen LogP contribution in [0.3, 0.4) is 0 Å². The van der Waals surface area contributed by atoms with E-state index < -0.39 is 18.7 Å². The van der Waals surface area contributed by atoms with E-state index in [1.807, 2.05) is 0 Å². The van der Waals surface area contributed by atoms with Crippen LogP contribution in [0.25, 0.3) is 0 Å². The Morgan fingerprint density at radius 3 is 2.68 bits per heavy atom. The quantitative estimate of drug-likeness (QED) is 0.421. The number of hydrogen-bond acceptors (Lipinski definition) is 7. The fourth-order valence-electron chi connectivity index (χ4n) is 1.43. The van der Waals surface area contributed by atoms with Gasteiger partial charge in [-0.1, -0.05) is 12.1 Å². The number of thiazole rings is 1. The smallest absolute Gasteiger partial charge is 0.403 e. The topological polar surface area (TPSA) is 152 Å². The first-order valence-electron chi connectivity index (χ1n) is 5.52. The van der Waals surface area contributed by atoms with E-state index in [9.17, 15) is 19.5 Å². The molecule has 1 aromatic carbocycles. The normalized spacial score (nSPS) is 11.0. The average Bonchev–Trinajstić information content (AvgIpc) is 2.86. The van der Waals surface area contributed by atoms with E-state index in [4.69, 9.17) is 9.79 Å². The molecular weight excluding hydrogens is 337 g/mol. The second kappa shape index (κ2) is 6.20. The number of phosphoric ester groups is 1. The number of rotatable bonds is 5. The maximum atomic E-state index is 12.1. The molecule has 12 heteroatoms. The highest BCUT2D eigenvalue weighted by Gasteiger charge is 2.22. The number of nitrogens with one attached hydrogen (secondary N) is 1. The zero-order valence-electron chi connectivity index (χ0n) is 10.6. The molecule has 0 spiro atoms. The van der Waals surface area contributed by atoms with Crippen LogP contribution < -0.4 is 9.84 Å². The Hall–Kier alpha value is -2.33. The van der Waals surface area contributed by atoms with Gasteiger partial charge in [-0.15, -0.1) is 0 Å². The predicted molar refractivity (Wildman–Crippen MR) is 75.8 cm³/mol. The van der Waals surface area contributed by atoms with Crippen molar-refractivity contribution in [1.29, 1.82) is 0 Å². The van der Waals surface area contributed by atoms with Crippen LogP contribution in [-0.4, -0.2) is 25.6 Å². The van der Waals surface area contributed by atoms with Crippen LogP contribution in [0.15, 0.2) is 30.5 Å². The standard InChI is InChI=1S/C10H8N3O7PS/c14-9(12-10-11-5-8(22-10)13(15)16)6-3-1-2-4-7(6)20-21(17,18)19/h1-5H,(H,11,12,14)(H2,17,18,19). The highest BCUT2D eigenvalue weighted by atomic mass is 32.1. The molecule has 0 fully saturated rings. The minimum absolute atomic E-state index is 0.0253. The molecular formula is C10H8N3O7PS. The van der Waals surface area contributed by atoms with E-state index in [1.165, 1.54) is 24.3 Å². The summed E-state index contributed by atoms with van der Waals surface area (Å²) in [4.78, 5) is 43.2. The Balaban J connectivity index is 2.22. The number of para-hydroxylation sites is 1. The van der Waals surface area contributed by atoms with Crippen LogP contribution in [0.5, 0.6) is 5.75 Å². The zero-order valence-corrected chi connectivity index (χ0v) is 12.3. The lowest BCUT2D eigenvalue weighted by Crippen LogP contribution is -2.13. The van der Waals surface area contributed by atoms with E-state index in [1.54, 1.807) is 0 Å². The molecule has 0 atom stereocenters. The number of carbonyl (C=O) groups excluding carboxylic acids is 1. The summed E-state index contributed by atoms with van der Waals surface area (Å²) in [5.74, 6) is -1.09. The fourth-order valence-corrected chi connectivity index (χ4v) is 2.48. The lowest BCUT2D eigenvalue weighted by molar-refractivity contribution is -0.380. The van der Waals surface area contributed by atoms with Crippen LogP contribution in [0.1, 0.15) is 10.4 Å². The Morgan fingerprint density at radius 2 is 2.09 bits per heavy atom. The summed E-state index contributed by atoms with van der Waals surface area (Å²) in [6.45, 7) is 0. The molecule has 0 aliphatic carbocycles. The number of nitrogens with zero attached hydrogens (tertiary/aromatic N) is 2. The van der Waals surface area contributed by atoms with Crippen LogP contribution in [0, 0.1) is 10.1 Å². The summed E-state index contributed by atoms with van der Waals surface area (Å²) < 4.78 is 15.3. The van der Waals surface area contributed by atoms with Gasteiger partial charge in [-0.25, -0.2) is 9.55 Å². The van der Waals surface area contributed by atoms with Gasteiger partial charge >= 0.3 is 12.8 Å². The van der Waals surface area contributed by atoms with Crippen molar-refractivity contribution in [1.82, 2.24) is 4.98 Å². The molecule has 0 saturated carbocycles. The van der Waals surface area contributed by atoms with E-state index in [2.05, 4.69) is 14.8 Å².